The van der Waals surface area contributed by atoms with Crippen LogP contribution in [0.25, 0.3) is 0 Å². The Morgan fingerprint density at radius 2 is 2.11 bits per heavy atom. The van der Waals surface area contributed by atoms with E-state index < -0.39 is 0 Å². The van der Waals surface area contributed by atoms with E-state index >= 15 is 0 Å². The van der Waals surface area contributed by atoms with E-state index in [0.717, 1.165) is 43.4 Å². The van der Waals surface area contributed by atoms with Crippen LogP contribution < -0.4 is 10.2 Å². The fraction of sp³-hybridized carbons (Fsp3) is 0.400. The van der Waals surface area contributed by atoms with Gasteiger partial charge in [-0.1, -0.05) is 19.2 Å². The zero-order chi connectivity index (χ0) is 13.4. The van der Waals surface area contributed by atoms with Crippen LogP contribution in [0.15, 0.2) is 43.0 Å². The molecule has 3 heterocycles. The fourth-order valence-corrected chi connectivity index (χ4v) is 2.62. The first-order valence-corrected chi connectivity index (χ1v) is 6.71. The Morgan fingerprint density at radius 1 is 1.32 bits per heavy atom. The Hall–Kier alpha value is -1.97. The first kappa shape index (κ1) is 12.1. The summed E-state index contributed by atoms with van der Waals surface area (Å²) in [6.45, 7) is 13.1. The van der Waals surface area contributed by atoms with E-state index in [2.05, 4.69) is 52.3 Å². The SMILES string of the molecule is C=C1CCN(C2CN(c3ccc(C)cn3)C2)C(=C)N1. The minimum atomic E-state index is 0.538. The van der Waals surface area contributed by atoms with E-state index in [-0.39, 0.29) is 0 Å². The maximum atomic E-state index is 4.47. The van der Waals surface area contributed by atoms with Gasteiger partial charge in [0.25, 0.3) is 0 Å². The molecule has 0 unspecified atom stereocenters. The summed E-state index contributed by atoms with van der Waals surface area (Å²) in [5, 5.41) is 3.24. The van der Waals surface area contributed by atoms with Gasteiger partial charge in [-0.05, 0) is 18.6 Å². The van der Waals surface area contributed by atoms with Gasteiger partial charge in [0.15, 0.2) is 0 Å². The van der Waals surface area contributed by atoms with Crippen LogP contribution in [0.4, 0.5) is 5.82 Å². The highest BCUT2D eigenvalue weighted by molar-refractivity contribution is 5.43. The number of nitrogens with zero attached hydrogens (tertiary/aromatic N) is 3. The molecule has 2 saturated heterocycles. The average Bonchev–Trinajstić information content (AvgIpc) is 2.32. The van der Waals surface area contributed by atoms with E-state index in [1.165, 1.54) is 5.56 Å². The van der Waals surface area contributed by atoms with Gasteiger partial charge in [-0.15, -0.1) is 0 Å². The summed E-state index contributed by atoms with van der Waals surface area (Å²) in [6.07, 6.45) is 2.92. The lowest BCUT2D eigenvalue weighted by atomic mass is 10.1. The van der Waals surface area contributed by atoms with E-state index in [0.29, 0.717) is 6.04 Å². The van der Waals surface area contributed by atoms with Gasteiger partial charge < -0.3 is 15.1 Å². The van der Waals surface area contributed by atoms with Gasteiger partial charge in [0.2, 0.25) is 0 Å². The highest BCUT2D eigenvalue weighted by atomic mass is 15.4. The summed E-state index contributed by atoms with van der Waals surface area (Å²) in [5.74, 6) is 2.06. The lowest BCUT2D eigenvalue weighted by molar-refractivity contribution is 0.191. The predicted octanol–water partition coefficient (Wildman–Crippen LogP) is 1.86. The van der Waals surface area contributed by atoms with Gasteiger partial charge in [0.1, 0.15) is 5.82 Å². The predicted molar refractivity (Wildman–Crippen MR) is 77.7 cm³/mol. The molecule has 0 bridgehead atoms. The standard InChI is InChI=1S/C15H20N4/c1-11-4-5-15(16-8-11)18-9-14(10-18)19-7-6-12(2)17-13(19)3/h4-5,8,14,17H,2-3,6-7,9-10H2,1H3. The van der Waals surface area contributed by atoms with E-state index in [1.54, 1.807) is 0 Å². The minimum absolute atomic E-state index is 0.538. The van der Waals surface area contributed by atoms with E-state index in [9.17, 15) is 0 Å². The number of pyridine rings is 1. The van der Waals surface area contributed by atoms with Crippen molar-refractivity contribution in [1.82, 2.24) is 15.2 Å². The van der Waals surface area contributed by atoms with Crippen molar-refractivity contribution in [3.63, 3.8) is 0 Å². The van der Waals surface area contributed by atoms with Crippen molar-refractivity contribution in [3.05, 3.63) is 48.6 Å². The van der Waals surface area contributed by atoms with Crippen LogP contribution in [0.1, 0.15) is 12.0 Å². The largest absolute Gasteiger partial charge is 0.352 e. The number of rotatable bonds is 2. The average molecular weight is 256 g/mol. The van der Waals surface area contributed by atoms with E-state index in [4.69, 9.17) is 0 Å². The molecule has 19 heavy (non-hydrogen) atoms. The second kappa shape index (κ2) is 4.61. The van der Waals surface area contributed by atoms with Gasteiger partial charge >= 0.3 is 0 Å². The molecule has 0 aliphatic carbocycles. The molecular formula is C15H20N4. The topological polar surface area (TPSA) is 31.4 Å². The van der Waals surface area contributed by atoms with Crippen LogP contribution in [-0.4, -0.2) is 35.6 Å². The number of nitrogens with one attached hydrogen (secondary N) is 1. The van der Waals surface area contributed by atoms with E-state index in [1.807, 2.05) is 6.20 Å². The maximum absolute atomic E-state index is 4.47. The van der Waals surface area contributed by atoms with Crippen molar-refractivity contribution in [2.75, 3.05) is 24.5 Å². The Morgan fingerprint density at radius 3 is 2.74 bits per heavy atom. The van der Waals surface area contributed by atoms with Gasteiger partial charge in [-0.25, -0.2) is 4.98 Å². The van der Waals surface area contributed by atoms with Crippen molar-refractivity contribution in [1.29, 1.82) is 0 Å². The number of hydrogen-bond acceptors (Lipinski definition) is 4. The number of anilines is 1. The fourth-order valence-electron chi connectivity index (χ4n) is 2.62. The highest BCUT2D eigenvalue weighted by Gasteiger charge is 2.34. The third-order valence-corrected chi connectivity index (χ3v) is 3.85. The summed E-state index contributed by atoms with van der Waals surface area (Å²) < 4.78 is 0. The molecule has 4 heteroatoms. The molecule has 0 radical (unpaired) electrons. The lowest BCUT2D eigenvalue weighted by Gasteiger charge is -2.49. The lowest BCUT2D eigenvalue weighted by Crippen LogP contribution is -2.61. The molecule has 4 nitrogen and oxygen atoms in total. The second-order valence-electron chi connectivity index (χ2n) is 5.37. The monoisotopic (exact) mass is 256 g/mol. The molecule has 0 aromatic carbocycles. The second-order valence-corrected chi connectivity index (χ2v) is 5.37. The molecule has 0 amide bonds. The van der Waals surface area contributed by atoms with Crippen molar-refractivity contribution in [2.45, 2.75) is 19.4 Å². The number of aromatic nitrogens is 1. The Balaban J connectivity index is 1.59. The smallest absolute Gasteiger partial charge is 0.128 e. The molecule has 1 aromatic heterocycles. The normalized spacial score (nSPS) is 20.3. The zero-order valence-electron chi connectivity index (χ0n) is 11.4. The third-order valence-electron chi connectivity index (χ3n) is 3.85. The quantitative estimate of drug-likeness (QED) is 0.875. The van der Waals surface area contributed by atoms with Crippen molar-refractivity contribution in [3.8, 4) is 0 Å². The molecule has 2 aliphatic heterocycles. The Kier molecular flexibility index (Phi) is 2.93. The van der Waals surface area contributed by atoms with Crippen LogP contribution in [0.2, 0.25) is 0 Å². The van der Waals surface area contributed by atoms with Crippen LogP contribution in [-0.2, 0) is 0 Å². The summed E-state index contributed by atoms with van der Waals surface area (Å²) in [5.41, 5.74) is 2.27. The minimum Gasteiger partial charge on any atom is -0.352 e. The molecular weight excluding hydrogens is 236 g/mol. The molecule has 3 rings (SSSR count). The van der Waals surface area contributed by atoms with Crippen LogP contribution in [0.3, 0.4) is 0 Å². The first-order valence-electron chi connectivity index (χ1n) is 6.71. The molecule has 2 fully saturated rings. The Bertz CT molecular complexity index is 499. The highest BCUT2D eigenvalue weighted by Crippen LogP contribution is 2.25. The molecule has 100 valence electrons. The molecule has 2 aliphatic rings. The van der Waals surface area contributed by atoms with Crippen LogP contribution in [0, 0.1) is 6.92 Å². The van der Waals surface area contributed by atoms with Crippen molar-refractivity contribution >= 4 is 5.82 Å². The maximum Gasteiger partial charge on any atom is 0.128 e. The molecule has 1 aromatic rings. The summed E-state index contributed by atoms with van der Waals surface area (Å²) in [4.78, 5) is 9.12. The molecule has 0 saturated carbocycles. The number of aryl methyl sites for hydroxylation is 1. The van der Waals surface area contributed by atoms with Crippen LogP contribution in [0.5, 0.6) is 0 Å². The van der Waals surface area contributed by atoms with Crippen molar-refractivity contribution in [2.24, 2.45) is 0 Å². The number of hydrogen-bond donors (Lipinski definition) is 1. The van der Waals surface area contributed by atoms with Gasteiger partial charge in [-0.2, -0.15) is 0 Å². The van der Waals surface area contributed by atoms with Gasteiger partial charge in [-0.3, -0.25) is 0 Å². The van der Waals surface area contributed by atoms with Crippen LogP contribution >= 0.6 is 0 Å². The summed E-state index contributed by atoms with van der Waals surface area (Å²) in [6, 6.07) is 4.74. The summed E-state index contributed by atoms with van der Waals surface area (Å²) >= 11 is 0. The summed E-state index contributed by atoms with van der Waals surface area (Å²) in [7, 11) is 0. The first-order chi connectivity index (χ1) is 9.13. The zero-order valence-corrected chi connectivity index (χ0v) is 11.4. The Labute approximate surface area is 114 Å². The molecule has 0 atom stereocenters. The van der Waals surface area contributed by atoms with Gasteiger partial charge in [0.05, 0.1) is 11.9 Å². The van der Waals surface area contributed by atoms with Gasteiger partial charge in [0, 0.05) is 37.9 Å². The molecule has 0 spiro atoms. The molecule has 1 N–H and O–H groups in total. The third kappa shape index (κ3) is 2.30. The van der Waals surface area contributed by atoms with Crippen molar-refractivity contribution < 1.29 is 0 Å².